The third-order valence-electron chi connectivity index (χ3n) is 3.69. The van der Waals surface area contributed by atoms with Gasteiger partial charge in [-0.05, 0) is 32.6 Å². The molecule has 0 amide bonds. The lowest BCUT2D eigenvalue weighted by molar-refractivity contribution is -0.138. The summed E-state index contributed by atoms with van der Waals surface area (Å²) in [6.07, 6.45) is 8.07. The smallest absolute Gasteiger partial charge is 0.304 e. The second-order valence-corrected chi connectivity index (χ2v) is 5.06. The first-order chi connectivity index (χ1) is 7.18. The van der Waals surface area contributed by atoms with Crippen molar-refractivity contribution >= 4 is 5.97 Å². The predicted octanol–water partition coefficient (Wildman–Crippen LogP) is 2.26. The zero-order chi connectivity index (χ0) is 10.8. The Morgan fingerprint density at radius 1 is 1.27 bits per heavy atom. The van der Waals surface area contributed by atoms with Gasteiger partial charge in [0, 0.05) is 18.1 Å². The Morgan fingerprint density at radius 2 is 1.80 bits per heavy atom. The van der Waals surface area contributed by atoms with Crippen LogP contribution in [0.5, 0.6) is 0 Å². The van der Waals surface area contributed by atoms with Crippen LogP contribution in [0.4, 0.5) is 0 Å². The van der Waals surface area contributed by atoms with Crippen LogP contribution in [-0.4, -0.2) is 34.1 Å². The van der Waals surface area contributed by atoms with E-state index in [-0.39, 0.29) is 6.04 Å². The van der Waals surface area contributed by atoms with E-state index in [4.69, 9.17) is 5.11 Å². The lowest BCUT2D eigenvalue weighted by Gasteiger charge is -2.34. The first-order valence-electron chi connectivity index (χ1n) is 6.17. The van der Waals surface area contributed by atoms with Crippen molar-refractivity contribution in [1.82, 2.24) is 4.90 Å². The molecule has 0 bridgehead atoms. The average Bonchev–Trinajstić information content (AvgIpc) is 2.80. The second kappa shape index (κ2) is 4.52. The second-order valence-electron chi connectivity index (χ2n) is 5.06. The van der Waals surface area contributed by atoms with Gasteiger partial charge in [0.25, 0.3) is 0 Å². The number of carboxylic acids is 1. The lowest BCUT2D eigenvalue weighted by atomic mass is 10.1. The monoisotopic (exact) mass is 211 g/mol. The van der Waals surface area contributed by atoms with E-state index in [0.717, 1.165) is 0 Å². The molecule has 2 rings (SSSR count). The van der Waals surface area contributed by atoms with Crippen molar-refractivity contribution in [2.24, 2.45) is 0 Å². The highest BCUT2D eigenvalue weighted by molar-refractivity contribution is 5.67. The van der Waals surface area contributed by atoms with E-state index in [2.05, 4.69) is 11.8 Å². The van der Waals surface area contributed by atoms with Crippen LogP contribution in [0.15, 0.2) is 0 Å². The maximum absolute atomic E-state index is 10.7. The minimum atomic E-state index is -0.661. The summed E-state index contributed by atoms with van der Waals surface area (Å²) in [6, 6.07) is 1.59. The molecule has 2 saturated carbocycles. The summed E-state index contributed by atoms with van der Waals surface area (Å²) < 4.78 is 0. The summed E-state index contributed by atoms with van der Waals surface area (Å²) in [4.78, 5) is 13.2. The van der Waals surface area contributed by atoms with Crippen molar-refractivity contribution in [3.8, 4) is 0 Å². The van der Waals surface area contributed by atoms with Crippen LogP contribution in [0.2, 0.25) is 0 Å². The molecule has 0 heterocycles. The SMILES string of the molecule is CC(CC(=O)O)N(C1CCCC1)C1CC1. The van der Waals surface area contributed by atoms with Crippen LogP contribution in [0.3, 0.4) is 0 Å². The molecule has 0 aromatic carbocycles. The number of hydrogen-bond donors (Lipinski definition) is 1. The average molecular weight is 211 g/mol. The van der Waals surface area contributed by atoms with Crippen molar-refractivity contribution in [3.05, 3.63) is 0 Å². The summed E-state index contributed by atoms with van der Waals surface area (Å²) in [6.45, 7) is 2.07. The number of carbonyl (C=O) groups is 1. The highest BCUT2D eigenvalue weighted by atomic mass is 16.4. The highest BCUT2D eigenvalue weighted by Crippen LogP contribution is 2.36. The molecule has 2 fully saturated rings. The molecule has 2 aliphatic rings. The normalized spacial score (nSPS) is 24.7. The number of carboxylic acid groups (broad SMARTS) is 1. The number of aliphatic carboxylic acids is 1. The van der Waals surface area contributed by atoms with Gasteiger partial charge in [-0.1, -0.05) is 12.8 Å². The van der Waals surface area contributed by atoms with Gasteiger partial charge in [0.15, 0.2) is 0 Å². The van der Waals surface area contributed by atoms with Crippen LogP contribution >= 0.6 is 0 Å². The summed E-state index contributed by atoms with van der Waals surface area (Å²) in [7, 11) is 0. The van der Waals surface area contributed by atoms with Gasteiger partial charge in [0.05, 0.1) is 6.42 Å². The van der Waals surface area contributed by atoms with Gasteiger partial charge >= 0.3 is 5.97 Å². The Labute approximate surface area is 91.5 Å². The Bertz CT molecular complexity index is 232. The minimum Gasteiger partial charge on any atom is -0.481 e. The Hall–Kier alpha value is -0.570. The lowest BCUT2D eigenvalue weighted by Crippen LogP contribution is -2.43. The molecule has 1 unspecified atom stereocenters. The van der Waals surface area contributed by atoms with E-state index >= 15 is 0 Å². The van der Waals surface area contributed by atoms with E-state index in [0.29, 0.717) is 18.5 Å². The molecule has 0 aromatic rings. The molecule has 86 valence electrons. The zero-order valence-corrected chi connectivity index (χ0v) is 9.48. The zero-order valence-electron chi connectivity index (χ0n) is 9.48. The third kappa shape index (κ3) is 2.71. The number of rotatable bonds is 5. The van der Waals surface area contributed by atoms with Crippen molar-refractivity contribution in [2.75, 3.05) is 0 Å². The van der Waals surface area contributed by atoms with Crippen molar-refractivity contribution in [2.45, 2.75) is 70.0 Å². The van der Waals surface area contributed by atoms with Gasteiger partial charge in [-0.25, -0.2) is 0 Å². The molecule has 0 saturated heterocycles. The van der Waals surface area contributed by atoms with Gasteiger partial charge in [-0.15, -0.1) is 0 Å². The van der Waals surface area contributed by atoms with Gasteiger partial charge in [0.2, 0.25) is 0 Å². The Kier molecular flexibility index (Phi) is 3.29. The molecule has 0 spiro atoms. The van der Waals surface area contributed by atoms with Crippen LogP contribution in [0.25, 0.3) is 0 Å². The molecular weight excluding hydrogens is 190 g/mol. The van der Waals surface area contributed by atoms with Crippen LogP contribution < -0.4 is 0 Å². The van der Waals surface area contributed by atoms with E-state index in [1.807, 2.05) is 0 Å². The summed E-state index contributed by atoms with van der Waals surface area (Å²) in [5.41, 5.74) is 0. The fourth-order valence-electron chi connectivity index (χ4n) is 2.95. The first-order valence-corrected chi connectivity index (χ1v) is 6.17. The molecule has 2 aliphatic carbocycles. The van der Waals surface area contributed by atoms with E-state index < -0.39 is 5.97 Å². The van der Waals surface area contributed by atoms with Gasteiger partial charge < -0.3 is 5.11 Å². The van der Waals surface area contributed by atoms with Crippen molar-refractivity contribution in [1.29, 1.82) is 0 Å². The highest BCUT2D eigenvalue weighted by Gasteiger charge is 2.38. The van der Waals surface area contributed by atoms with Gasteiger partial charge in [-0.2, -0.15) is 0 Å². The standard InChI is InChI=1S/C12H21NO2/c1-9(8-12(14)15)13(11-6-7-11)10-4-2-3-5-10/h9-11H,2-8H2,1H3,(H,14,15). The predicted molar refractivity (Wildman–Crippen MR) is 58.8 cm³/mol. The molecule has 0 aromatic heterocycles. The fourth-order valence-corrected chi connectivity index (χ4v) is 2.95. The van der Waals surface area contributed by atoms with Crippen molar-refractivity contribution in [3.63, 3.8) is 0 Å². The third-order valence-corrected chi connectivity index (χ3v) is 3.69. The summed E-state index contributed by atoms with van der Waals surface area (Å²) in [5.74, 6) is -0.661. The summed E-state index contributed by atoms with van der Waals surface area (Å²) >= 11 is 0. The maximum atomic E-state index is 10.7. The largest absolute Gasteiger partial charge is 0.481 e. The summed E-state index contributed by atoms with van der Waals surface area (Å²) in [5, 5.41) is 8.85. The van der Waals surface area contributed by atoms with Gasteiger partial charge in [-0.3, -0.25) is 9.69 Å². The van der Waals surface area contributed by atoms with Crippen LogP contribution in [-0.2, 0) is 4.79 Å². The first kappa shape index (κ1) is 10.9. The van der Waals surface area contributed by atoms with Crippen LogP contribution in [0, 0.1) is 0 Å². The maximum Gasteiger partial charge on any atom is 0.304 e. The Morgan fingerprint density at radius 3 is 2.27 bits per heavy atom. The molecule has 1 N–H and O–H groups in total. The van der Waals surface area contributed by atoms with E-state index in [1.165, 1.54) is 38.5 Å². The topological polar surface area (TPSA) is 40.5 Å². The van der Waals surface area contributed by atoms with E-state index in [9.17, 15) is 4.79 Å². The molecule has 0 aliphatic heterocycles. The van der Waals surface area contributed by atoms with Crippen molar-refractivity contribution < 1.29 is 9.90 Å². The van der Waals surface area contributed by atoms with E-state index in [1.54, 1.807) is 0 Å². The molecule has 1 atom stereocenters. The Balaban J connectivity index is 1.95. The van der Waals surface area contributed by atoms with Crippen LogP contribution in [0.1, 0.15) is 51.9 Å². The number of nitrogens with zero attached hydrogens (tertiary/aromatic N) is 1. The fraction of sp³-hybridized carbons (Fsp3) is 0.917. The molecule has 3 heteroatoms. The number of hydrogen-bond acceptors (Lipinski definition) is 2. The minimum absolute atomic E-state index is 0.220. The van der Waals surface area contributed by atoms with Gasteiger partial charge in [0.1, 0.15) is 0 Å². The quantitative estimate of drug-likeness (QED) is 0.758. The molecular formula is C12H21NO2. The molecule has 15 heavy (non-hydrogen) atoms. The molecule has 3 nitrogen and oxygen atoms in total. The molecule has 0 radical (unpaired) electrons.